The number of nitrogens with one attached hydrogen (secondary N) is 1. The van der Waals surface area contributed by atoms with Crippen molar-refractivity contribution in [2.75, 3.05) is 10.8 Å². The van der Waals surface area contributed by atoms with Gasteiger partial charge in [-0.1, -0.05) is 96.9 Å². The van der Waals surface area contributed by atoms with Crippen LogP contribution in [-0.2, 0) is 32.6 Å². The molecule has 242 valence electrons. The molecular weight excluding hydrogens is 618 g/mol. The highest BCUT2D eigenvalue weighted by atomic mass is 35.5. The fourth-order valence-corrected chi connectivity index (χ4v) is 6.65. The molecule has 0 fully saturated rings. The summed E-state index contributed by atoms with van der Waals surface area (Å²) in [6, 6.07) is 27.6. The molecule has 0 unspecified atom stereocenters. The van der Waals surface area contributed by atoms with Crippen molar-refractivity contribution in [3.8, 4) is 0 Å². The number of aryl methyl sites for hydroxylation is 3. The van der Waals surface area contributed by atoms with Crippen molar-refractivity contribution in [3.63, 3.8) is 0 Å². The zero-order chi connectivity index (χ0) is 33.4. The molecule has 9 heteroatoms. The van der Waals surface area contributed by atoms with E-state index in [9.17, 15) is 18.0 Å². The number of hydrogen-bond donors (Lipinski definition) is 1. The number of benzene rings is 4. The third kappa shape index (κ3) is 8.56. The summed E-state index contributed by atoms with van der Waals surface area (Å²) in [5, 5.41) is 3.44. The van der Waals surface area contributed by atoms with Crippen molar-refractivity contribution < 1.29 is 18.0 Å². The van der Waals surface area contributed by atoms with E-state index in [4.69, 9.17) is 11.6 Å². The van der Waals surface area contributed by atoms with E-state index in [0.29, 0.717) is 11.4 Å². The maximum Gasteiger partial charge on any atom is 0.264 e. The van der Waals surface area contributed by atoms with Gasteiger partial charge in [0.05, 0.1) is 10.6 Å². The first-order valence-electron chi connectivity index (χ1n) is 15.4. The largest absolute Gasteiger partial charge is 0.352 e. The molecule has 0 aliphatic carbocycles. The number of rotatable bonds is 13. The molecular formula is C37H42ClN3O4S. The quantitative estimate of drug-likeness (QED) is 0.167. The summed E-state index contributed by atoms with van der Waals surface area (Å²) in [7, 11) is -4.21. The van der Waals surface area contributed by atoms with E-state index in [2.05, 4.69) is 5.32 Å². The summed E-state index contributed by atoms with van der Waals surface area (Å²) in [5.41, 5.74) is 4.62. The minimum absolute atomic E-state index is 0.0448. The topological polar surface area (TPSA) is 86.8 Å². The number of halogens is 1. The number of carbonyl (C=O) groups is 2. The van der Waals surface area contributed by atoms with Crippen molar-refractivity contribution >= 4 is 39.1 Å². The number of hydrogen-bond acceptors (Lipinski definition) is 4. The lowest BCUT2D eigenvalue weighted by Crippen LogP contribution is -2.54. The fraction of sp³-hybridized carbons (Fsp3) is 0.297. The maximum absolute atomic E-state index is 14.6. The van der Waals surface area contributed by atoms with Crippen molar-refractivity contribution in [1.82, 2.24) is 10.2 Å². The van der Waals surface area contributed by atoms with Gasteiger partial charge < -0.3 is 10.2 Å². The summed E-state index contributed by atoms with van der Waals surface area (Å²) in [4.78, 5) is 30.2. The van der Waals surface area contributed by atoms with Crippen LogP contribution in [-0.4, -0.2) is 43.8 Å². The molecule has 0 aromatic heterocycles. The number of carbonyl (C=O) groups excluding carboxylic acids is 2. The molecule has 7 nitrogen and oxygen atoms in total. The van der Waals surface area contributed by atoms with Crippen LogP contribution in [0.5, 0.6) is 0 Å². The van der Waals surface area contributed by atoms with Gasteiger partial charge in [0.25, 0.3) is 10.0 Å². The standard InChI is InChI=1S/C37H42ClN3O4S/c1-6-29(5)39-37(43)35(22-30-13-8-7-9-14-30)40(24-31-15-11-10-12-27(31)3)36(42)25-41(32-19-18-28(4)34(38)23-32)46(44,45)33-20-16-26(2)17-21-33/h7-21,23,29,35H,6,22,24-25H2,1-5H3,(H,39,43)/t29-,35+/m0/s1. The van der Waals surface area contributed by atoms with Gasteiger partial charge in [0.2, 0.25) is 11.8 Å². The van der Waals surface area contributed by atoms with Crippen LogP contribution in [0.2, 0.25) is 5.02 Å². The van der Waals surface area contributed by atoms with Gasteiger partial charge >= 0.3 is 0 Å². The predicted molar refractivity (Wildman–Crippen MR) is 185 cm³/mol. The van der Waals surface area contributed by atoms with Gasteiger partial charge in [-0.05, 0) is 80.6 Å². The molecule has 0 aliphatic heterocycles. The smallest absolute Gasteiger partial charge is 0.264 e. The first-order valence-corrected chi connectivity index (χ1v) is 17.3. The summed E-state index contributed by atoms with van der Waals surface area (Å²) in [5.74, 6) is -0.817. The molecule has 46 heavy (non-hydrogen) atoms. The van der Waals surface area contributed by atoms with Crippen LogP contribution < -0.4 is 9.62 Å². The minimum atomic E-state index is -4.21. The lowest BCUT2D eigenvalue weighted by molar-refractivity contribution is -0.140. The summed E-state index contributed by atoms with van der Waals surface area (Å²) in [6.45, 7) is 9.12. The van der Waals surface area contributed by atoms with Gasteiger partial charge in [-0.2, -0.15) is 0 Å². The van der Waals surface area contributed by atoms with Crippen molar-refractivity contribution in [2.45, 2.75) is 71.0 Å². The Morgan fingerprint density at radius 2 is 1.50 bits per heavy atom. The van der Waals surface area contributed by atoms with E-state index >= 15 is 0 Å². The third-order valence-corrected chi connectivity index (χ3v) is 10.4. The average Bonchev–Trinajstić information content (AvgIpc) is 3.04. The van der Waals surface area contributed by atoms with Crippen LogP contribution in [0, 0.1) is 20.8 Å². The molecule has 0 radical (unpaired) electrons. The highest BCUT2D eigenvalue weighted by molar-refractivity contribution is 7.92. The Hall–Kier alpha value is -4.14. The predicted octanol–water partition coefficient (Wildman–Crippen LogP) is 7.02. The van der Waals surface area contributed by atoms with E-state index in [0.717, 1.165) is 32.1 Å². The zero-order valence-electron chi connectivity index (χ0n) is 27.0. The second-order valence-electron chi connectivity index (χ2n) is 11.7. The molecule has 2 amide bonds. The molecule has 0 spiro atoms. The zero-order valence-corrected chi connectivity index (χ0v) is 28.6. The van der Waals surface area contributed by atoms with Crippen LogP contribution in [0.25, 0.3) is 0 Å². The van der Waals surface area contributed by atoms with Crippen LogP contribution in [0.15, 0.2) is 102 Å². The normalized spacial score (nSPS) is 12.7. The van der Waals surface area contributed by atoms with Crippen LogP contribution in [0.1, 0.15) is 48.1 Å². The van der Waals surface area contributed by atoms with E-state index in [1.54, 1.807) is 30.3 Å². The van der Waals surface area contributed by atoms with Crippen molar-refractivity contribution in [3.05, 3.63) is 130 Å². The average molecular weight is 660 g/mol. The van der Waals surface area contributed by atoms with Crippen LogP contribution >= 0.6 is 11.6 Å². The van der Waals surface area contributed by atoms with Gasteiger partial charge in [0.15, 0.2) is 0 Å². The number of amides is 2. The molecule has 0 bridgehead atoms. The molecule has 4 rings (SSSR count). The monoisotopic (exact) mass is 659 g/mol. The van der Waals surface area contributed by atoms with Crippen molar-refractivity contribution in [1.29, 1.82) is 0 Å². The summed E-state index contributed by atoms with van der Waals surface area (Å²) in [6.07, 6.45) is 0.966. The van der Waals surface area contributed by atoms with Crippen LogP contribution in [0.4, 0.5) is 5.69 Å². The van der Waals surface area contributed by atoms with E-state index in [1.165, 1.54) is 17.0 Å². The maximum atomic E-state index is 14.6. The summed E-state index contributed by atoms with van der Waals surface area (Å²) >= 11 is 6.47. The molecule has 4 aromatic carbocycles. The molecule has 0 saturated heterocycles. The molecule has 2 atom stereocenters. The fourth-order valence-electron chi connectivity index (χ4n) is 5.07. The Morgan fingerprint density at radius 1 is 0.848 bits per heavy atom. The van der Waals surface area contributed by atoms with E-state index in [-0.39, 0.29) is 35.5 Å². The van der Waals surface area contributed by atoms with Crippen molar-refractivity contribution in [2.24, 2.45) is 0 Å². The van der Waals surface area contributed by atoms with Crippen LogP contribution in [0.3, 0.4) is 0 Å². The molecule has 0 saturated carbocycles. The molecule has 1 N–H and O–H groups in total. The SMILES string of the molecule is CC[C@H](C)NC(=O)[C@@H](Cc1ccccc1)N(Cc1ccccc1C)C(=O)CN(c1ccc(C)c(Cl)c1)S(=O)(=O)c1ccc(C)cc1. The Morgan fingerprint density at radius 3 is 2.13 bits per heavy atom. The number of anilines is 1. The van der Waals surface area contributed by atoms with Gasteiger partial charge in [-0.25, -0.2) is 8.42 Å². The highest BCUT2D eigenvalue weighted by Crippen LogP contribution is 2.29. The van der Waals surface area contributed by atoms with Gasteiger partial charge in [0.1, 0.15) is 12.6 Å². The second-order valence-corrected chi connectivity index (χ2v) is 14.0. The molecule has 4 aromatic rings. The first kappa shape index (κ1) is 34.7. The Kier molecular flexibility index (Phi) is 11.7. The van der Waals surface area contributed by atoms with Gasteiger partial charge in [-0.3, -0.25) is 13.9 Å². The van der Waals surface area contributed by atoms with E-state index in [1.807, 2.05) is 89.2 Å². The first-order chi connectivity index (χ1) is 21.9. The van der Waals surface area contributed by atoms with Gasteiger partial charge in [0, 0.05) is 24.0 Å². The van der Waals surface area contributed by atoms with Gasteiger partial charge in [-0.15, -0.1) is 0 Å². The lowest BCUT2D eigenvalue weighted by Gasteiger charge is -2.34. The highest BCUT2D eigenvalue weighted by Gasteiger charge is 2.35. The second kappa shape index (κ2) is 15.4. The number of nitrogens with zero attached hydrogens (tertiary/aromatic N) is 2. The number of sulfonamides is 1. The third-order valence-electron chi connectivity index (χ3n) is 8.21. The molecule has 0 aliphatic rings. The molecule has 0 heterocycles. The Balaban J connectivity index is 1.83. The summed E-state index contributed by atoms with van der Waals surface area (Å²) < 4.78 is 29.5. The lowest BCUT2D eigenvalue weighted by atomic mass is 10.0. The minimum Gasteiger partial charge on any atom is -0.352 e. The Bertz CT molecular complexity index is 1760. The Labute approximate surface area is 278 Å². The van der Waals surface area contributed by atoms with E-state index < -0.39 is 28.5 Å².